The lowest BCUT2D eigenvalue weighted by Gasteiger charge is -2.29. The summed E-state index contributed by atoms with van der Waals surface area (Å²) in [7, 11) is 0. The molecule has 0 aromatic heterocycles. The summed E-state index contributed by atoms with van der Waals surface area (Å²) in [5.74, 6) is 0. The Bertz CT molecular complexity index is 384. The van der Waals surface area contributed by atoms with Crippen molar-refractivity contribution < 1.29 is 0 Å². The van der Waals surface area contributed by atoms with E-state index in [4.69, 9.17) is 11.6 Å². The smallest absolute Gasteiger partial charge is 0.0642 e. The molecule has 1 aromatic rings. The van der Waals surface area contributed by atoms with Crippen LogP contribution in [-0.2, 0) is 6.54 Å². The van der Waals surface area contributed by atoms with Crippen molar-refractivity contribution in [3.05, 3.63) is 28.8 Å². The van der Waals surface area contributed by atoms with E-state index in [-0.39, 0.29) is 0 Å². The fourth-order valence-corrected chi connectivity index (χ4v) is 2.70. The van der Waals surface area contributed by atoms with Gasteiger partial charge in [-0.15, -0.1) is 0 Å². The SMILES string of the molecule is CC(C)NCc1ccc(N2CCCCC2)c(Cl)c1. The summed E-state index contributed by atoms with van der Waals surface area (Å²) in [6.07, 6.45) is 3.92. The Kier molecular flexibility index (Phi) is 4.90. The van der Waals surface area contributed by atoms with Gasteiger partial charge in [-0.1, -0.05) is 31.5 Å². The quantitative estimate of drug-likeness (QED) is 0.891. The van der Waals surface area contributed by atoms with Gasteiger partial charge in [-0.3, -0.25) is 0 Å². The minimum atomic E-state index is 0.505. The van der Waals surface area contributed by atoms with E-state index in [1.54, 1.807) is 0 Å². The van der Waals surface area contributed by atoms with E-state index in [0.29, 0.717) is 6.04 Å². The van der Waals surface area contributed by atoms with Crippen molar-refractivity contribution in [3.8, 4) is 0 Å². The van der Waals surface area contributed by atoms with E-state index in [2.05, 4.69) is 42.3 Å². The second-order valence-electron chi connectivity index (χ2n) is 5.37. The van der Waals surface area contributed by atoms with Gasteiger partial charge >= 0.3 is 0 Å². The van der Waals surface area contributed by atoms with Crippen LogP contribution in [0.4, 0.5) is 5.69 Å². The van der Waals surface area contributed by atoms with Crippen molar-refractivity contribution in [2.75, 3.05) is 18.0 Å². The van der Waals surface area contributed by atoms with Gasteiger partial charge in [0.05, 0.1) is 10.7 Å². The van der Waals surface area contributed by atoms with Crippen LogP contribution in [0.15, 0.2) is 18.2 Å². The summed E-state index contributed by atoms with van der Waals surface area (Å²) in [5, 5.41) is 4.30. The van der Waals surface area contributed by atoms with Crippen molar-refractivity contribution in [1.82, 2.24) is 5.32 Å². The van der Waals surface area contributed by atoms with Crippen LogP contribution >= 0.6 is 11.6 Å². The normalized spacial score (nSPS) is 16.3. The molecule has 0 saturated carbocycles. The number of halogens is 1. The molecule has 18 heavy (non-hydrogen) atoms. The Morgan fingerprint density at radius 2 is 1.94 bits per heavy atom. The molecular weight excluding hydrogens is 244 g/mol. The van der Waals surface area contributed by atoms with Crippen LogP contribution in [0.5, 0.6) is 0 Å². The number of nitrogens with zero attached hydrogens (tertiary/aromatic N) is 1. The van der Waals surface area contributed by atoms with Crippen molar-refractivity contribution in [3.63, 3.8) is 0 Å². The zero-order valence-corrected chi connectivity index (χ0v) is 12.1. The summed E-state index contributed by atoms with van der Waals surface area (Å²) in [4.78, 5) is 2.41. The summed E-state index contributed by atoms with van der Waals surface area (Å²) in [5.41, 5.74) is 2.46. The third-order valence-corrected chi connectivity index (χ3v) is 3.73. The van der Waals surface area contributed by atoms with E-state index in [0.717, 1.165) is 24.7 Å². The summed E-state index contributed by atoms with van der Waals surface area (Å²) in [6, 6.07) is 6.96. The number of nitrogens with one attached hydrogen (secondary N) is 1. The van der Waals surface area contributed by atoms with Gasteiger partial charge in [0.15, 0.2) is 0 Å². The fourth-order valence-electron chi connectivity index (χ4n) is 2.37. The molecule has 2 nitrogen and oxygen atoms in total. The molecule has 0 spiro atoms. The molecule has 1 aromatic carbocycles. The predicted octanol–water partition coefficient (Wildman–Crippen LogP) is 3.83. The van der Waals surface area contributed by atoms with Crippen LogP contribution in [-0.4, -0.2) is 19.1 Å². The first-order valence-electron chi connectivity index (χ1n) is 6.93. The Hall–Kier alpha value is -0.730. The fraction of sp³-hybridized carbons (Fsp3) is 0.600. The molecule has 1 aliphatic heterocycles. The van der Waals surface area contributed by atoms with Crippen LogP contribution in [0.3, 0.4) is 0 Å². The number of rotatable bonds is 4. The van der Waals surface area contributed by atoms with Gasteiger partial charge in [-0.25, -0.2) is 0 Å². The van der Waals surface area contributed by atoms with E-state index in [1.165, 1.54) is 30.5 Å². The van der Waals surface area contributed by atoms with Gasteiger partial charge in [0.1, 0.15) is 0 Å². The van der Waals surface area contributed by atoms with Crippen molar-refractivity contribution in [1.29, 1.82) is 0 Å². The molecule has 1 N–H and O–H groups in total. The highest BCUT2D eigenvalue weighted by atomic mass is 35.5. The average Bonchev–Trinajstić information content (AvgIpc) is 2.37. The highest BCUT2D eigenvalue weighted by molar-refractivity contribution is 6.33. The molecule has 1 fully saturated rings. The molecule has 100 valence electrons. The Morgan fingerprint density at radius 1 is 1.22 bits per heavy atom. The zero-order chi connectivity index (χ0) is 13.0. The number of hydrogen-bond donors (Lipinski definition) is 1. The van der Waals surface area contributed by atoms with Gasteiger partial charge in [0.25, 0.3) is 0 Å². The van der Waals surface area contributed by atoms with E-state index >= 15 is 0 Å². The molecule has 1 aliphatic rings. The summed E-state index contributed by atoms with van der Waals surface area (Å²) < 4.78 is 0. The lowest BCUT2D eigenvalue weighted by molar-refractivity contribution is 0.577. The molecule has 1 heterocycles. The molecule has 0 amide bonds. The molecule has 2 rings (SSSR count). The molecule has 0 atom stereocenters. The monoisotopic (exact) mass is 266 g/mol. The van der Waals surface area contributed by atoms with Crippen LogP contribution < -0.4 is 10.2 Å². The second-order valence-corrected chi connectivity index (χ2v) is 5.78. The number of benzene rings is 1. The molecule has 0 bridgehead atoms. The lowest BCUT2D eigenvalue weighted by Crippen LogP contribution is -2.29. The maximum atomic E-state index is 6.41. The maximum Gasteiger partial charge on any atom is 0.0642 e. The maximum absolute atomic E-state index is 6.41. The Morgan fingerprint density at radius 3 is 2.56 bits per heavy atom. The van der Waals surface area contributed by atoms with Gasteiger partial charge < -0.3 is 10.2 Å². The highest BCUT2D eigenvalue weighted by Crippen LogP contribution is 2.29. The van der Waals surface area contributed by atoms with Gasteiger partial charge in [0, 0.05) is 25.7 Å². The third kappa shape index (κ3) is 3.63. The first-order valence-corrected chi connectivity index (χ1v) is 7.31. The number of hydrogen-bond acceptors (Lipinski definition) is 2. The van der Waals surface area contributed by atoms with E-state index in [1.807, 2.05) is 0 Å². The molecule has 0 unspecified atom stereocenters. The van der Waals surface area contributed by atoms with Crippen molar-refractivity contribution >= 4 is 17.3 Å². The third-order valence-electron chi connectivity index (χ3n) is 3.42. The first kappa shape index (κ1) is 13.7. The Balaban J connectivity index is 2.04. The van der Waals surface area contributed by atoms with Crippen LogP contribution in [0, 0.1) is 0 Å². The van der Waals surface area contributed by atoms with Crippen LogP contribution in [0.25, 0.3) is 0 Å². The van der Waals surface area contributed by atoms with Gasteiger partial charge in [-0.05, 0) is 37.0 Å². The van der Waals surface area contributed by atoms with Crippen LogP contribution in [0.1, 0.15) is 38.7 Å². The summed E-state index contributed by atoms with van der Waals surface area (Å²) >= 11 is 6.41. The number of anilines is 1. The lowest BCUT2D eigenvalue weighted by atomic mass is 10.1. The van der Waals surface area contributed by atoms with Crippen molar-refractivity contribution in [2.45, 2.75) is 45.7 Å². The molecule has 0 radical (unpaired) electrons. The number of piperidine rings is 1. The van der Waals surface area contributed by atoms with E-state index < -0.39 is 0 Å². The van der Waals surface area contributed by atoms with Crippen molar-refractivity contribution in [2.24, 2.45) is 0 Å². The minimum Gasteiger partial charge on any atom is -0.370 e. The minimum absolute atomic E-state index is 0.505. The molecule has 0 aliphatic carbocycles. The van der Waals surface area contributed by atoms with Crippen LogP contribution in [0.2, 0.25) is 5.02 Å². The first-order chi connectivity index (χ1) is 8.66. The predicted molar refractivity (Wildman–Crippen MR) is 79.5 cm³/mol. The summed E-state index contributed by atoms with van der Waals surface area (Å²) in [6.45, 7) is 7.48. The van der Waals surface area contributed by atoms with Gasteiger partial charge in [0.2, 0.25) is 0 Å². The highest BCUT2D eigenvalue weighted by Gasteiger charge is 2.13. The zero-order valence-electron chi connectivity index (χ0n) is 11.4. The largest absolute Gasteiger partial charge is 0.370 e. The second kappa shape index (κ2) is 6.44. The molecular formula is C15H23ClN2. The van der Waals surface area contributed by atoms with Gasteiger partial charge in [-0.2, -0.15) is 0 Å². The Labute approximate surface area is 115 Å². The standard InChI is InChI=1S/C15H23ClN2/c1-12(2)17-11-13-6-7-15(14(16)10-13)18-8-4-3-5-9-18/h6-7,10,12,17H,3-5,8-9,11H2,1-2H3. The van der Waals surface area contributed by atoms with E-state index in [9.17, 15) is 0 Å². The molecule has 3 heteroatoms. The molecule has 1 saturated heterocycles. The average molecular weight is 267 g/mol. The topological polar surface area (TPSA) is 15.3 Å².